The molecule has 1 heterocycles. The molecule has 2 rings (SSSR count). The molecule has 0 aliphatic rings. The molecule has 96 valence electrons. The van der Waals surface area contributed by atoms with E-state index < -0.39 is 0 Å². The molecule has 0 aliphatic heterocycles. The average Bonchev–Trinajstić information content (AvgIpc) is 2.77. The molecule has 0 saturated heterocycles. The molecule has 0 spiro atoms. The van der Waals surface area contributed by atoms with Crippen molar-refractivity contribution in [1.29, 1.82) is 0 Å². The molecule has 1 N–H and O–H groups in total. The Hall–Kier alpha value is -1.68. The van der Waals surface area contributed by atoms with Crippen LogP contribution in [0.3, 0.4) is 0 Å². The van der Waals surface area contributed by atoms with Crippen molar-refractivity contribution in [2.45, 2.75) is 6.42 Å². The van der Waals surface area contributed by atoms with Crippen molar-refractivity contribution in [3.63, 3.8) is 0 Å². The molecule has 0 atom stereocenters. The number of aryl methyl sites for hydroxylation is 1. The van der Waals surface area contributed by atoms with E-state index in [2.05, 4.69) is 10.4 Å². The molecule has 0 radical (unpaired) electrons. The van der Waals surface area contributed by atoms with Crippen molar-refractivity contribution >= 4 is 17.3 Å². The van der Waals surface area contributed by atoms with Crippen LogP contribution in [0.1, 0.15) is 5.56 Å². The fourth-order valence-corrected chi connectivity index (χ4v) is 1.89. The predicted molar refractivity (Wildman–Crippen MR) is 73.4 cm³/mol. The first kappa shape index (κ1) is 12.8. The van der Waals surface area contributed by atoms with Gasteiger partial charge in [0, 0.05) is 25.9 Å². The quantitative estimate of drug-likeness (QED) is 0.904. The van der Waals surface area contributed by atoms with Gasteiger partial charge < -0.3 is 10.1 Å². The lowest BCUT2D eigenvalue weighted by molar-refractivity contribution is 0.415. The molecule has 1 aromatic heterocycles. The van der Waals surface area contributed by atoms with Crippen molar-refractivity contribution < 1.29 is 4.74 Å². The summed E-state index contributed by atoms with van der Waals surface area (Å²) in [4.78, 5) is 0. The first-order chi connectivity index (χ1) is 8.69. The number of anilines is 1. The Bertz CT molecular complexity index is 525. The van der Waals surface area contributed by atoms with Gasteiger partial charge in [0.15, 0.2) is 0 Å². The maximum atomic E-state index is 6.10. The highest BCUT2D eigenvalue weighted by Crippen LogP contribution is 2.26. The molecule has 0 saturated carbocycles. The maximum absolute atomic E-state index is 6.10. The molecule has 0 fully saturated rings. The largest absolute Gasteiger partial charge is 0.497 e. The number of nitrogens with one attached hydrogen (secondary N) is 1. The van der Waals surface area contributed by atoms with E-state index in [1.54, 1.807) is 11.8 Å². The standard InChI is InChI=1S/C13H16ClN3O/c1-17-9-10(8-16-17)5-6-15-13-7-11(18-2)3-4-12(13)14/h3-4,7-9,15H,5-6H2,1-2H3. The summed E-state index contributed by atoms with van der Waals surface area (Å²) in [6.07, 6.45) is 4.78. The van der Waals surface area contributed by atoms with Crippen molar-refractivity contribution in [2.24, 2.45) is 7.05 Å². The Labute approximate surface area is 112 Å². The van der Waals surface area contributed by atoms with Gasteiger partial charge in [0.2, 0.25) is 0 Å². The Morgan fingerprint density at radius 3 is 2.94 bits per heavy atom. The molecule has 0 unspecified atom stereocenters. The molecule has 0 amide bonds. The average molecular weight is 266 g/mol. The zero-order valence-electron chi connectivity index (χ0n) is 10.5. The van der Waals surface area contributed by atoms with Crippen molar-refractivity contribution in [3.8, 4) is 5.75 Å². The zero-order valence-corrected chi connectivity index (χ0v) is 11.2. The number of nitrogens with zero attached hydrogens (tertiary/aromatic N) is 2. The van der Waals surface area contributed by atoms with Crippen LogP contribution in [0, 0.1) is 0 Å². The molecule has 0 aliphatic carbocycles. The molecule has 1 aromatic carbocycles. The summed E-state index contributed by atoms with van der Waals surface area (Å²) in [5.74, 6) is 0.795. The van der Waals surface area contributed by atoms with Crippen LogP contribution in [-0.2, 0) is 13.5 Å². The van der Waals surface area contributed by atoms with Crippen molar-refractivity contribution in [2.75, 3.05) is 19.0 Å². The third-order valence-corrected chi connectivity index (χ3v) is 2.99. The highest BCUT2D eigenvalue weighted by molar-refractivity contribution is 6.33. The van der Waals surface area contributed by atoms with E-state index in [1.165, 1.54) is 5.56 Å². The molecule has 18 heavy (non-hydrogen) atoms. The fraction of sp³-hybridized carbons (Fsp3) is 0.308. The third kappa shape index (κ3) is 3.17. The van der Waals surface area contributed by atoms with E-state index in [1.807, 2.05) is 37.6 Å². The fourth-order valence-electron chi connectivity index (χ4n) is 1.71. The van der Waals surface area contributed by atoms with Gasteiger partial charge in [-0.1, -0.05) is 11.6 Å². The second-order valence-electron chi connectivity index (χ2n) is 4.04. The first-order valence-electron chi connectivity index (χ1n) is 5.74. The van der Waals surface area contributed by atoms with E-state index in [0.717, 1.165) is 24.4 Å². The topological polar surface area (TPSA) is 39.1 Å². The van der Waals surface area contributed by atoms with Crippen LogP contribution in [0.5, 0.6) is 5.75 Å². The summed E-state index contributed by atoms with van der Waals surface area (Å²) < 4.78 is 6.97. The smallest absolute Gasteiger partial charge is 0.121 e. The highest BCUT2D eigenvalue weighted by Gasteiger charge is 2.02. The van der Waals surface area contributed by atoms with Gasteiger partial charge >= 0.3 is 0 Å². The number of aromatic nitrogens is 2. The summed E-state index contributed by atoms with van der Waals surface area (Å²) in [7, 11) is 3.55. The van der Waals surface area contributed by atoms with Gasteiger partial charge in [0.1, 0.15) is 5.75 Å². The summed E-state index contributed by atoms with van der Waals surface area (Å²) in [5.41, 5.74) is 2.09. The van der Waals surface area contributed by atoms with Gasteiger partial charge in [0.25, 0.3) is 0 Å². The number of benzene rings is 1. The summed E-state index contributed by atoms with van der Waals surface area (Å²) in [6.45, 7) is 0.804. The van der Waals surface area contributed by atoms with E-state index in [9.17, 15) is 0 Å². The number of hydrogen-bond donors (Lipinski definition) is 1. The zero-order chi connectivity index (χ0) is 13.0. The molecule has 4 nitrogen and oxygen atoms in total. The van der Waals surface area contributed by atoms with Crippen LogP contribution in [0.2, 0.25) is 5.02 Å². The molecular formula is C13H16ClN3O. The second kappa shape index (κ2) is 5.78. The first-order valence-corrected chi connectivity index (χ1v) is 6.12. The normalized spacial score (nSPS) is 10.4. The van der Waals surface area contributed by atoms with Crippen LogP contribution >= 0.6 is 11.6 Å². The van der Waals surface area contributed by atoms with Gasteiger partial charge in [-0.3, -0.25) is 4.68 Å². The molecule has 2 aromatic rings. The van der Waals surface area contributed by atoms with Crippen LogP contribution < -0.4 is 10.1 Å². The number of ether oxygens (including phenoxy) is 1. The van der Waals surface area contributed by atoms with Crippen molar-refractivity contribution in [3.05, 3.63) is 41.2 Å². The van der Waals surface area contributed by atoms with Gasteiger partial charge in [-0.25, -0.2) is 0 Å². The summed E-state index contributed by atoms with van der Waals surface area (Å²) in [5, 5.41) is 8.12. The Balaban J connectivity index is 1.93. The van der Waals surface area contributed by atoms with Gasteiger partial charge in [-0.05, 0) is 24.1 Å². The second-order valence-corrected chi connectivity index (χ2v) is 4.45. The summed E-state index contributed by atoms with van der Waals surface area (Å²) in [6, 6.07) is 5.56. The van der Waals surface area contributed by atoms with E-state index >= 15 is 0 Å². The number of methoxy groups -OCH3 is 1. The van der Waals surface area contributed by atoms with Crippen LogP contribution in [-0.4, -0.2) is 23.4 Å². The van der Waals surface area contributed by atoms with Crippen LogP contribution in [0.4, 0.5) is 5.69 Å². The minimum atomic E-state index is 0.696. The van der Waals surface area contributed by atoms with Crippen LogP contribution in [0.15, 0.2) is 30.6 Å². The van der Waals surface area contributed by atoms with E-state index in [-0.39, 0.29) is 0 Å². The van der Waals surface area contributed by atoms with E-state index in [0.29, 0.717) is 5.02 Å². The Morgan fingerprint density at radius 1 is 1.44 bits per heavy atom. The lowest BCUT2D eigenvalue weighted by Gasteiger charge is -2.09. The predicted octanol–water partition coefficient (Wildman–Crippen LogP) is 2.74. The molecule has 5 heteroatoms. The Morgan fingerprint density at radius 2 is 2.28 bits per heavy atom. The minimum Gasteiger partial charge on any atom is -0.497 e. The lowest BCUT2D eigenvalue weighted by Crippen LogP contribution is -2.05. The van der Waals surface area contributed by atoms with E-state index in [4.69, 9.17) is 16.3 Å². The lowest BCUT2D eigenvalue weighted by atomic mass is 10.2. The van der Waals surface area contributed by atoms with Crippen molar-refractivity contribution in [1.82, 2.24) is 9.78 Å². The monoisotopic (exact) mass is 265 g/mol. The van der Waals surface area contributed by atoms with Gasteiger partial charge in [0.05, 0.1) is 24.0 Å². The van der Waals surface area contributed by atoms with Crippen LogP contribution in [0.25, 0.3) is 0 Å². The number of halogens is 1. The minimum absolute atomic E-state index is 0.696. The third-order valence-electron chi connectivity index (χ3n) is 2.66. The SMILES string of the molecule is COc1ccc(Cl)c(NCCc2cnn(C)c2)c1. The summed E-state index contributed by atoms with van der Waals surface area (Å²) >= 11 is 6.10. The number of rotatable bonds is 5. The number of hydrogen-bond acceptors (Lipinski definition) is 3. The maximum Gasteiger partial charge on any atom is 0.121 e. The molecule has 0 bridgehead atoms. The Kier molecular flexibility index (Phi) is 4.10. The van der Waals surface area contributed by atoms with Gasteiger partial charge in [-0.2, -0.15) is 5.10 Å². The molecular weight excluding hydrogens is 250 g/mol. The highest BCUT2D eigenvalue weighted by atomic mass is 35.5. The van der Waals surface area contributed by atoms with Gasteiger partial charge in [-0.15, -0.1) is 0 Å².